The van der Waals surface area contributed by atoms with Gasteiger partial charge in [0.1, 0.15) is 5.76 Å². The van der Waals surface area contributed by atoms with Crippen LogP contribution in [0.15, 0.2) is 41.3 Å². The molecule has 8 heteroatoms. The van der Waals surface area contributed by atoms with Gasteiger partial charge in [-0.25, -0.2) is 0 Å². The number of carbonyl (C=O) groups excluding carboxylic acids is 1. The van der Waals surface area contributed by atoms with E-state index in [0.29, 0.717) is 17.0 Å². The van der Waals surface area contributed by atoms with Gasteiger partial charge in [0.25, 0.3) is 0 Å². The molecule has 0 saturated heterocycles. The topological polar surface area (TPSA) is 92.5 Å². The van der Waals surface area contributed by atoms with Crippen molar-refractivity contribution in [1.82, 2.24) is 5.32 Å². The summed E-state index contributed by atoms with van der Waals surface area (Å²) in [6.07, 6.45) is 2.24. The molecule has 1 aromatic rings. The first-order chi connectivity index (χ1) is 13.5. The molecule has 0 aromatic heterocycles. The molecule has 1 amide bonds. The van der Waals surface area contributed by atoms with Crippen molar-refractivity contribution in [1.29, 1.82) is 0 Å². The lowest BCUT2D eigenvalue weighted by atomic mass is 9.92. The van der Waals surface area contributed by atoms with Gasteiger partial charge in [0.15, 0.2) is 0 Å². The second-order valence-corrected chi connectivity index (χ2v) is 8.24. The van der Waals surface area contributed by atoms with Crippen LogP contribution >= 0.6 is 23.2 Å². The molecule has 1 atom stereocenters. The average Bonchev–Trinajstić information content (AvgIpc) is 2.60. The summed E-state index contributed by atoms with van der Waals surface area (Å²) in [5, 5.41) is 25.9. The van der Waals surface area contributed by atoms with Crippen LogP contribution in [0.5, 0.6) is 0 Å². The summed E-state index contributed by atoms with van der Waals surface area (Å²) in [6.45, 7) is 8.78. The van der Waals surface area contributed by atoms with Crippen molar-refractivity contribution in [3.05, 3.63) is 67.0 Å². The predicted octanol–water partition coefficient (Wildman–Crippen LogP) is 6.24. The van der Waals surface area contributed by atoms with Gasteiger partial charge in [-0.2, -0.15) is 0 Å². The molecule has 29 heavy (non-hydrogen) atoms. The average molecular weight is 443 g/mol. The quantitative estimate of drug-likeness (QED) is 0.205. The summed E-state index contributed by atoms with van der Waals surface area (Å²) >= 11 is 12.4. The summed E-state index contributed by atoms with van der Waals surface area (Å²) < 4.78 is 0. The minimum absolute atomic E-state index is 0.0576. The molecule has 0 saturated carbocycles. The molecule has 160 valence electrons. The van der Waals surface area contributed by atoms with Gasteiger partial charge < -0.3 is 10.4 Å². The molecule has 1 aromatic carbocycles. The Kier molecular flexibility index (Phi) is 9.66. The lowest BCUT2D eigenvalue weighted by molar-refractivity contribution is -0.432. The first-order valence-electron chi connectivity index (χ1n) is 9.52. The molecule has 1 rings (SSSR count). The van der Waals surface area contributed by atoms with Gasteiger partial charge in [-0.1, -0.05) is 63.9 Å². The Morgan fingerprint density at radius 3 is 2.31 bits per heavy atom. The zero-order valence-corrected chi connectivity index (χ0v) is 18.8. The molecule has 1 unspecified atom stereocenters. The fraction of sp³-hybridized carbons (Fsp3) is 0.476. The van der Waals surface area contributed by atoms with Crippen molar-refractivity contribution >= 4 is 29.1 Å². The summed E-state index contributed by atoms with van der Waals surface area (Å²) in [7, 11) is 0. The number of nitrogens with zero attached hydrogens (tertiary/aromatic N) is 1. The van der Waals surface area contributed by atoms with Gasteiger partial charge in [-0.05, 0) is 24.1 Å². The molecule has 0 bridgehead atoms. The van der Waals surface area contributed by atoms with Crippen LogP contribution in [-0.2, 0) is 4.79 Å². The van der Waals surface area contributed by atoms with E-state index < -0.39 is 16.9 Å². The van der Waals surface area contributed by atoms with E-state index in [-0.39, 0.29) is 40.3 Å². The van der Waals surface area contributed by atoms with E-state index in [9.17, 15) is 20.0 Å². The third-order valence-electron chi connectivity index (χ3n) is 4.32. The van der Waals surface area contributed by atoms with Crippen LogP contribution in [0.4, 0.5) is 0 Å². The molecule has 6 nitrogen and oxygen atoms in total. The highest BCUT2D eigenvalue weighted by atomic mass is 35.5. The molecule has 0 aliphatic heterocycles. The number of allylic oxidation sites excluding steroid dienone is 2. The molecule has 0 heterocycles. The first kappa shape index (κ1) is 25.0. The highest BCUT2D eigenvalue weighted by molar-refractivity contribution is 6.35. The Hall–Kier alpha value is -2.05. The number of aliphatic hydroxyl groups excluding tert-OH is 1. The number of carbonyl (C=O) groups is 1. The molecule has 0 spiro atoms. The largest absolute Gasteiger partial charge is 0.512 e. The SMILES string of the molecule is CCCC(=O)NC(C(/C=C(\C(C)C)[N+](=O)[O-])=C(\O)C(C)C)c1ccc(Cl)cc1Cl. The zero-order valence-electron chi connectivity index (χ0n) is 17.3. The lowest BCUT2D eigenvalue weighted by Gasteiger charge is -2.24. The summed E-state index contributed by atoms with van der Waals surface area (Å²) in [5.74, 6) is -1.03. The normalized spacial score (nSPS) is 14.0. The Labute approximate surface area is 181 Å². The maximum absolute atomic E-state index is 12.4. The third kappa shape index (κ3) is 7.05. The second kappa shape index (κ2) is 11.2. The first-order valence-corrected chi connectivity index (χ1v) is 10.3. The van der Waals surface area contributed by atoms with E-state index in [1.165, 1.54) is 12.1 Å². The van der Waals surface area contributed by atoms with Gasteiger partial charge in [-0.3, -0.25) is 14.9 Å². The molecular formula is C21H28Cl2N2O4. The van der Waals surface area contributed by atoms with Crippen molar-refractivity contribution in [3.63, 3.8) is 0 Å². The summed E-state index contributed by atoms with van der Waals surface area (Å²) in [4.78, 5) is 23.5. The number of nitro groups is 1. The van der Waals surface area contributed by atoms with E-state index in [4.69, 9.17) is 23.2 Å². The van der Waals surface area contributed by atoms with Gasteiger partial charge >= 0.3 is 0 Å². The fourth-order valence-electron chi connectivity index (χ4n) is 2.75. The van der Waals surface area contributed by atoms with Crippen LogP contribution in [0.25, 0.3) is 0 Å². The van der Waals surface area contributed by atoms with Crippen molar-refractivity contribution < 1.29 is 14.8 Å². The Morgan fingerprint density at radius 2 is 1.86 bits per heavy atom. The molecule has 0 aliphatic carbocycles. The number of hydrogen-bond acceptors (Lipinski definition) is 4. The van der Waals surface area contributed by atoms with E-state index in [2.05, 4.69) is 5.32 Å². The van der Waals surface area contributed by atoms with Crippen LogP contribution < -0.4 is 5.32 Å². The second-order valence-electron chi connectivity index (χ2n) is 7.39. The van der Waals surface area contributed by atoms with Crippen LogP contribution in [0.1, 0.15) is 59.1 Å². The van der Waals surface area contributed by atoms with E-state index in [1.54, 1.807) is 39.8 Å². The Balaban J connectivity index is 3.75. The van der Waals surface area contributed by atoms with Crippen molar-refractivity contribution in [2.75, 3.05) is 0 Å². The molecule has 2 N–H and O–H groups in total. The number of aliphatic hydroxyl groups is 1. The number of nitrogens with one attached hydrogen (secondary N) is 1. The summed E-state index contributed by atoms with van der Waals surface area (Å²) in [6, 6.07) is 3.92. The van der Waals surface area contributed by atoms with Crippen molar-refractivity contribution in [2.24, 2.45) is 11.8 Å². The lowest BCUT2D eigenvalue weighted by Crippen LogP contribution is -2.30. The highest BCUT2D eigenvalue weighted by Crippen LogP contribution is 2.35. The molecule has 0 fully saturated rings. The van der Waals surface area contributed by atoms with Gasteiger partial charge in [0.2, 0.25) is 11.6 Å². The van der Waals surface area contributed by atoms with Gasteiger partial charge in [0.05, 0.1) is 11.0 Å². The van der Waals surface area contributed by atoms with Crippen LogP contribution in [0, 0.1) is 22.0 Å². The van der Waals surface area contributed by atoms with Crippen molar-refractivity contribution in [2.45, 2.75) is 53.5 Å². The predicted molar refractivity (Wildman–Crippen MR) is 117 cm³/mol. The minimum Gasteiger partial charge on any atom is -0.512 e. The standard InChI is InChI=1S/C21H28Cl2N2O4/c1-6-7-19(26)24-20(15-9-8-14(22)10-17(15)23)16(21(27)13(4)5)11-18(12(2)3)25(28)29/h8-13,20,27H,6-7H2,1-5H3,(H,24,26)/b18-11+,21-16-. The van der Waals surface area contributed by atoms with Crippen LogP contribution in [0.3, 0.4) is 0 Å². The maximum atomic E-state index is 12.4. The van der Waals surface area contributed by atoms with Gasteiger partial charge in [-0.15, -0.1) is 0 Å². The fourth-order valence-corrected chi connectivity index (χ4v) is 3.26. The maximum Gasteiger partial charge on any atom is 0.249 e. The Morgan fingerprint density at radius 1 is 1.24 bits per heavy atom. The number of rotatable bonds is 9. The number of amides is 1. The zero-order chi connectivity index (χ0) is 22.3. The van der Waals surface area contributed by atoms with Crippen LogP contribution in [-0.4, -0.2) is 15.9 Å². The minimum atomic E-state index is -0.866. The monoisotopic (exact) mass is 442 g/mol. The number of hydrogen-bond donors (Lipinski definition) is 2. The molecule has 0 aliphatic rings. The van der Waals surface area contributed by atoms with Crippen molar-refractivity contribution in [3.8, 4) is 0 Å². The smallest absolute Gasteiger partial charge is 0.249 e. The van der Waals surface area contributed by atoms with E-state index >= 15 is 0 Å². The highest BCUT2D eigenvalue weighted by Gasteiger charge is 2.28. The molecule has 0 radical (unpaired) electrons. The Bertz CT molecular complexity index is 817. The number of benzene rings is 1. The van der Waals surface area contributed by atoms with E-state index in [1.807, 2.05) is 6.92 Å². The van der Waals surface area contributed by atoms with E-state index in [0.717, 1.165) is 0 Å². The third-order valence-corrected chi connectivity index (χ3v) is 4.88. The molecular weight excluding hydrogens is 415 g/mol. The summed E-state index contributed by atoms with van der Waals surface area (Å²) in [5.41, 5.74) is 0.645. The number of halogens is 2. The van der Waals surface area contributed by atoms with Crippen LogP contribution in [0.2, 0.25) is 10.0 Å². The van der Waals surface area contributed by atoms with Gasteiger partial charge in [0, 0.05) is 40.0 Å².